The van der Waals surface area contributed by atoms with E-state index in [4.69, 9.17) is 5.73 Å². The number of hydrogen-bond donors (Lipinski definition) is 2. The first-order valence-electron chi connectivity index (χ1n) is 5.58. The Hall–Kier alpha value is -1.34. The third-order valence-corrected chi connectivity index (χ3v) is 3.02. The SMILES string of the molecule is NC1(O)CCN(c2ncccc2C(F)(F)F)CC1. The Labute approximate surface area is 102 Å². The Morgan fingerprint density at radius 1 is 1.33 bits per heavy atom. The number of alkyl halides is 3. The van der Waals surface area contributed by atoms with Crippen LogP contribution in [0.3, 0.4) is 0 Å². The molecule has 0 unspecified atom stereocenters. The smallest absolute Gasteiger partial charge is 0.376 e. The van der Waals surface area contributed by atoms with E-state index >= 15 is 0 Å². The lowest BCUT2D eigenvalue weighted by Gasteiger charge is -2.37. The van der Waals surface area contributed by atoms with Gasteiger partial charge in [0.2, 0.25) is 0 Å². The molecule has 1 saturated heterocycles. The molecule has 4 nitrogen and oxygen atoms in total. The molecule has 0 amide bonds. The predicted molar refractivity (Wildman–Crippen MR) is 59.8 cm³/mol. The van der Waals surface area contributed by atoms with Crippen LogP contribution in [0.2, 0.25) is 0 Å². The second-order valence-corrected chi connectivity index (χ2v) is 4.46. The van der Waals surface area contributed by atoms with Crippen LogP contribution in [0, 0.1) is 0 Å². The number of rotatable bonds is 1. The van der Waals surface area contributed by atoms with Gasteiger partial charge in [0, 0.05) is 32.1 Å². The lowest BCUT2D eigenvalue weighted by molar-refractivity contribution is -0.137. The molecule has 1 fully saturated rings. The molecule has 1 aliphatic heterocycles. The van der Waals surface area contributed by atoms with Crippen molar-refractivity contribution in [3.8, 4) is 0 Å². The zero-order valence-corrected chi connectivity index (χ0v) is 9.61. The summed E-state index contributed by atoms with van der Waals surface area (Å²) in [6, 6.07) is 2.27. The Bertz CT molecular complexity index is 424. The summed E-state index contributed by atoms with van der Waals surface area (Å²) in [5.41, 5.74) is 3.48. The molecule has 0 spiro atoms. The minimum Gasteiger partial charge on any atom is -0.376 e. The van der Waals surface area contributed by atoms with Gasteiger partial charge in [-0.25, -0.2) is 4.98 Å². The molecule has 0 atom stereocenters. The van der Waals surface area contributed by atoms with E-state index < -0.39 is 17.5 Å². The van der Waals surface area contributed by atoms with Crippen molar-refractivity contribution >= 4 is 5.82 Å². The third-order valence-electron chi connectivity index (χ3n) is 3.02. The average Bonchev–Trinajstić information content (AvgIpc) is 2.28. The lowest BCUT2D eigenvalue weighted by atomic mass is 10.0. The van der Waals surface area contributed by atoms with E-state index in [1.54, 1.807) is 0 Å². The van der Waals surface area contributed by atoms with E-state index in [1.807, 2.05) is 0 Å². The highest BCUT2D eigenvalue weighted by Crippen LogP contribution is 2.36. The lowest BCUT2D eigenvalue weighted by Crippen LogP contribution is -2.50. The Kier molecular flexibility index (Phi) is 3.20. The summed E-state index contributed by atoms with van der Waals surface area (Å²) < 4.78 is 38.4. The van der Waals surface area contributed by atoms with Gasteiger partial charge in [-0.05, 0) is 12.1 Å². The van der Waals surface area contributed by atoms with Crippen molar-refractivity contribution in [2.75, 3.05) is 18.0 Å². The fourth-order valence-corrected chi connectivity index (χ4v) is 1.98. The minimum absolute atomic E-state index is 0.0968. The van der Waals surface area contributed by atoms with Gasteiger partial charge in [-0.3, -0.25) is 0 Å². The summed E-state index contributed by atoms with van der Waals surface area (Å²) in [5, 5.41) is 9.58. The second kappa shape index (κ2) is 4.40. The van der Waals surface area contributed by atoms with Crippen LogP contribution in [0.4, 0.5) is 19.0 Å². The van der Waals surface area contributed by atoms with Crippen molar-refractivity contribution in [1.82, 2.24) is 4.98 Å². The Balaban J connectivity index is 2.25. The topological polar surface area (TPSA) is 62.4 Å². The number of aliphatic hydroxyl groups is 1. The molecule has 0 radical (unpaired) electrons. The van der Waals surface area contributed by atoms with Crippen molar-refractivity contribution in [2.45, 2.75) is 24.7 Å². The van der Waals surface area contributed by atoms with Gasteiger partial charge in [0.1, 0.15) is 11.5 Å². The maximum absolute atomic E-state index is 12.8. The highest BCUT2D eigenvalue weighted by atomic mass is 19.4. The van der Waals surface area contributed by atoms with Gasteiger partial charge in [0.25, 0.3) is 0 Å². The van der Waals surface area contributed by atoms with Crippen LogP contribution in [0.15, 0.2) is 18.3 Å². The van der Waals surface area contributed by atoms with E-state index in [2.05, 4.69) is 4.98 Å². The zero-order valence-electron chi connectivity index (χ0n) is 9.61. The van der Waals surface area contributed by atoms with Crippen molar-refractivity contribution in [2.24, 2.45) is 5.73 Å². The number of aromatic nitrogens is 1. The quantitative estimate of drug-likeness (QED) is 0.749. The maximum atomic E-state index is 12.8. The van der Waals surface area contributed by atoms with Gasteiger partial charge in [-0.15, -0.1) is 0 Å². The minimum atomic E-state index is -4.43. The van der Waals surface area contributed by atoms with Crippen LogP contribution >= 0.6 is 0 Å². The van der Waals surface area contributed by atoms with E-state index in [0.717, 1.165) is 6.07 Å². The summed E-state index contributed by atoms with van der Waals surface area (Å²) in [7, 11) is 0. The van der Waals surface area contributed by atoms with Crippen LogP contribution in [-0.4, -0.2) is 28.9 Å². The maximum Gasteiger partial charge on any atom is 0.419 e. The zero-order chi connectivity index (χ0) is 13.4. The highest BCUT2D eigenvalue weighted by Gasteiger charge is 2.37. The number of nitrogens with zero attached hydrogens (tertiary/aromatic N) is 2. The first-order chi connectivity index (χ1) is 8.30. The van der Waals surface area contributed by atoms with Gasteiger partial charge in [-0.1, -0.05) is 0 Å². The van der Waals surface area contributed by atoms with Gasteiger partial charge in [0.05, 0.1) is 5.56 Å². The largest absolute Gasteiger partial charge is 0.419 e. The van der Waals surface area contributed by atoms with Crippen LogP contribution in [-0.2, 0) is 6.18 Å². The molecule has 1 aromatic rings. The van der Waals surface area contributed by atoms with Crippen LogP contribution in [0.1, 0.15) is 18.4 Å². The average molecular weight is 261 g/mol. The predicted octanol–water partition coefficient (Wildman–Crippen LogP) is 1.35. The standard InChI is InChI=1S/C11H14F3N3O/c12-11(13,14)8-2-1-5-16-9(8)17-6-3-10(15,18)4-7-17/h1-2,5,18H,3-4,6-7,15H2. The van der Waals surface area contributed by atoms with Crippen LogP contribution in [0.25, 0.3) is 0 Å². The Morgan fingerprint density at radius 2 is 1.94 bits per heavy atom. The molecule has 7 heteroatoms. The van der Waals surface area contributed by atoms with Gasteiger partial charge >= 0.3 is 6.18 Å². The monoisotopic (exact) mass is 261 g/mol. The molecule has 1 aromatic heterocycles. The van der Waals surface area contributed by atoms with Crippen molar-refractivity contribution < 1.29 is 18.3 Å². The van der Waals surface area contributed by atoms with Crippen LogP contribution in [0.5, 0.6) is 0 Å². The molecule has 0 aliphatic carbocycles. The summed E-state index contributed by atoms with van der Waals surface area (Å²) in [4.78, 5) is 5.30. The van der Waals surface area contributed by atoms with Crippen molar-refractivity contribution in [3.05, 3.63) is 23.9 Å². The van der Waals surface area contributed by atoms with E-state index in [9.17, 15) is 18.3 Å². The summed E-state index contributed by atoms with van der Waals surface area (Å²) in [6.07, 6.45) is -2.66. The highest BCUT2D eigenvalue weighted by molar-refractivity contribution is 5.48. The summed E-state index contributed by atoms with van der Waals surface area (Å²) in [5.74, 6) is -0.0968. The number of halogens is 3. The molecule has 0 bridgehead atoms. The van der Waals surface area contributed by atoms with E-state index in [1.165, 1.54) is 17.2 Å². The molecule has 2 rings (SSSR count). The first-order valence-corrected chi connectivity index (χ1v) is 5.58. The molecule has 2 heterocycles. The molecule has 1 aliphatic rings. The number of pyridine rings is 1. The number of anilines is 1. The fourth-order valence-electron chi connectivity index (χ4n) is 1.98. The second-order valence-electron chi connectivity index (χ2n) is 4.46. The molecule has 18 heavy (non-hydrogen) atoms. The van der Waals surface area contributed by atoms with Gasteiger partial charge in [-0.2, -0.15) is 13.2 Å². The molecular formula is C11H14F3N3O. The number of hydrogen-bond acceptors (Lipinski definition) is 4. The van der Waals surface area contributed by atoms with E-state index in [-0.39, 0.29) is 31.7 Å². The number of piperidine rings is 1. The summed E-state index contributed by atoms with van der Waals surface area (Å²) in [6.45, 7) is 0.514. The van der Waals surface area contributed by atoms with Crippen molar-refractivity contribution in [3.63, 3.8) is 0 Å². The molecule has 3 N–H and O–H groups in total. The molecular weight excluding hydrogens is 247 g/mol. The fraction of sp³-hybridized carbons (Fsp3) is 0.545. The third kappa shape index (κ3) is 2.73. The molecule has 100 valence electrons. The molecule has 0 saturated carbocycles. The summed E-state index contributed by atoms with van der Waals surface area (Å²) >= 11 is 0. The van der Waals surface area contributed by atoms with Crippen LogP contribution < -0.4 is 10.6 Å². The van der Waals surface area contributed by atoms with Gasteiger partial charge in [0.15, 0.2) is 0 Å². The number of nitrogens with two attached hydrogens (primary N) is 1. The first kappa shape index (κ1) is 13.1. The van der Waals surface area contributed by atoms with Crippen molar-refractivity contribution in [1.29, 1.82) is 0 Å². The molecule has 0 aromatic carbocycles. The van der Waals surface area contributed by atoms with Gasteiger partial charge < -0.3 is 15.7 Å². The Morgan fingerprint density at radius 3 is 2.50 bits per heavy atom. The normalized spacial score (nSPS) is 19.9. The van der Waals surface area contributed by atoms with E-state index in [0.29, 0.717) is 0 Å².